The fourth-order valence-electron chi connectivity index (χ4n) is 6.16. The number of nitrogens with zero attached hydrogens (tertiary/aromatic N) is 5. The highest BCUT2D eigenvalue weighted by Crippen LogP contribution is 2.37. The number of carboxylic acids is 1. The van der Waals surface area contributed by atoms with E-state index in [0.29, 0.717) is 30.8 Å². The molecule has 0 radical (unpaired) electrons. The fraction of sp³-hybridized carbons (Fsp3) is 0.250. The minimum absolute atomic E-state index is 0.143. The van der Waals surface area contributed by atoms with Gasteiger partial charge in [-0.2, -0.15) is 0 Å². The van der Waals surface area contributed by atoms with Crippen molar-refractivity contribution in [3.8, 4) is 0 Å². The monoisotopic (exact) mass is 549 g/mol. The van der Waals surface area contributed by atoms with E-state index in [1.165, 1.54) is 4.90 Å². The standard InChI is InChI=1S/C32H31N5O4/c1-34(20-22-14-16-27-23(19-22)9-8-18-33-27)31(40)37-26-15-17-28(37)29(30(38)39)35(21-26)32(41)36(24-10-4-2-5-11-24)25-12-6-3-7-13-25/h2-14,16,18-19,26,28-29H,15,17,20-21H2,1H3,(H,38,39)/t26?,28-,29+/m1/s1. The smallest absolute Gasteiger partial charge is 0.329 e. The number of likely N-dealkylation sites (tertiary alicyclic amines) is 1. The summed E-state index contributed by atoms with van der Waals surface area (Å²) in [5, 5.41) is 11.4. The molecule has 2 saturated heterocycles. The molecule has 4 amide bonds. The van der Waals surface area contributed by atoms with Gasteiger partial charge in [0.25, 0.3) is 0 Å². The molecule has 2 bridgehead atoms. The average Bonchev–Trinajstić information content (AvgIpc) is 3.29. The molecule has 3 atom stereocenters. The Balaban J connectivity index is 1.26. The van der Waals surface area contributed by atoms with Gasteiger partial charge in [0.15, 0.2) is 6.04 Å². The highest BCUT2D eigenvalue weighted by molar-refractivity contribution is 6.01. The third kappa shape index (κ3) is 4.95. The van der Waals surface area contributed by atoms with Gasteiger partial charge in [-0.25, -0.2) is 14.4 Å². The number of aliphatic carboxylic acids is 1. The zero-order valence-electron chi connectivity index (χ0n) is 22.7. The van der Waals surface area contributed by atoms with Crippen molar-refractivity contribution < 1.29 is 19.5 Å². The van der Waals surface area contributed by atoms with E-state index in [0.717, 1.165) is 16.5 Å². The third-order valence-corrected chi connectivity index (χ3v) is 8.01. The van der Waals surface area contributed by atoms with E-state index in [1.54, 1.807) is 27.9 Å². The highest BCUT2D eigenvalue weighted by atomic mass is 16.4. The van der Waals surface area contributed by atoms with Gasteiger partial charge < -0.3 is 19.8 Å². The summed E-state index contributed by atoms with van der Waals surface area (Å²) < 4.78 is 0. The molecule has 0 aliphatic carbocycles. The molecule has 4 aromatic rings. The van der Waals surface area contributed by atoms with Crippen LogP contribution in [0.1, 0.15) is 18.4 Å². The molecule has 3 aromatic carbocycles. The highest BCUT2D eigenvalue weighted by Gasteiger charge is 2.54. The largest absolute Gasteiger partial charge is 0.480 e. The number of rotatable bonds is 5. The third-order valence-electron chi connectivity index (χ3n) is 8.01. The molecule has 2 aliphatic heterocycles. The van der Waals surface area contributed by atoms with Gasteiger partial charge >= 0.3 is 18.0 Å². The Morgan fingerprint density at radius 1 is 0.878 bits per heavy atom. The van der Waals surface area contributed by atoms with Gasteiger partial charge in [-0.05, 0) is 60.9 Å². The molecular weight excluding hydrogens is 518 g/mol. The molecule has 9 nitrogen and oxygen atoms in total. The summed E-state index contributed by atoms with van der Waals surface area (Å²) in [4.78, 5) is 51.3. The molecule has 3 heterocycles. The summed E-state index contributed by atoms with van der Waals surface area (Å²) in [6.45, 7) is 0.513. The number of carboxylic acid groups (broad SMARTS) is 1. The van der Waals surface area contributed by atoms with E-state index in [4.69, 9.17) is 0 Å². The number of carbonyl (C=O) groups is 3. The molecule has 6 rings (SSSR count). The number of para-hydroxylation sites is 2. The van der Waals surface area contributed by atoms with Crippen LogP contribution in [0, 0.1) is 0 Å². The molecule has 9 heteroatoms. The number of fused-ring (bicyclic) bond motifs is 3. The second-order valence-electron chi connectivity index (χ2n) is 10.6. The molecule has 2 fully saturated rings. The van der Waals surface area contributed by atoms with Crippen molar-refractivity contribution in [3.63, 3.8) is 0 Å². The van der Waals surface area contributed by atoms with Crippen LogP contribution in [0.3, 0.4) is 0 Å². The zero-order chi connectivity index (χ0) is 28.5. The number of anilines is 2. The predicted octanol–water partition coefficient (Wildman–Crippen LogP) is 5.35. The van der Waals surface area contributed by atoms with Crippen LogP contribution in [0.15, 0.2) is 97.2 Å². The Morgan fingerprint density at radius 3 is 2.22 bits per heavy atom. The second kappa shape index (κ2) is 10.9. The maximum atomic E-state index is 14.2. The lowest BCUT2D eigenvalue weighted by molar-refractivity contribution is -0.145. The van der Waals surface area contributed by atoms with Crippen LogP contribution in [-0.2, 0) is 11.3 Å². The van der Waals surface area contributed by atoms with Crippen LogP contribution in [0.25, 0.3) is 10.9 Å². The van der Waals surface area contributed by atoms with E-state index >= 15 is 0 Å². The van der Waals surface area contributed by atoms with E-state index < -0.39 is 24.1 Å². The van der Waals surface area contributed by atoms with E-state index in [2.05, 4.69) is 4.98 Å². The number of hydrogen-bond donors (Lipinski definition) is 1. The first kappa shape index (κ1) is 26.3. The Labute approximate surface area is 238 Å². The summed E-state index contributed by atoms with van der Waals surface area (Å²) in [5.74, 6) is -1.12. The first-order valence-electron chi connectivity index (χ1n) is 13.7. The van der Waals surface area contributed by atoms with Crippen molar-refractivity contribution in [1.82, 2.24) is 19.7 Å². The Morgan fingerprint density at radius 2 is 1.56 bits per heavy atom. The Bertz CT molecular complexity index is 1540. The Kier molecular flexibility index (Phi) is 7.01. The quantitative estimate of drug-likeness (QED) is 0.362. The van der Waals surface area contributed by atoms with Gasteiger partial charge in [-0.3, -0.25) is 9.88 Å². The lowest BCUT2D eigenvalue weighted by Gasteiger charge is -2.47. The summed E-state index contributed by atoms with van der Waals surface area (Å²) in [6.07, 6.45) is 2.90. The van der Waals surface area contributed by atoms with Crippen molar-refractivity contribution in [3.05, 3.63) is 103 Å². The SMILES string of the molecule is CN(Cc1ccc2ncccc2c1)C(=O)N1C2CC[C@@H]1[C@@H](C(=O)O)N(C(=O)N(c1ccccc1)c1ccccc1)C2. The van der Waals surface area contributed by atoms with Crippen molar-refractivity contribution in [2.45, 2.75) is 37.5 Å². The van der Waals surface area contributed by atoms with Crippen LogP contribution < -0.4 is 4.90 Å². The summed E-state index contributed by atoms with van der Waals surface area (Å²) >= 11 is 0. The van der Waals surface area contributed by atoms with Gasteiger partial charge in [0, 0.05) is 31.7 Å². The molecule has 2 aliphatic rings. The molecule has 41 heavy (non-hydrogen) atoms. The van der Waals surface area contributed by atoms with Crippen molar-refractivity contribution in [2.75, 3.05) is 18.5 Å². The van der Waals surface area contributed by atoms with Crippen LogP contribution in [0.2, 0.25) is 0 Å². The van der Waals surface area contributed by atoms with Crippen LogP contribution >= 0.6 is 0 Å². The van der Waals surface area contributed by atoms with Crippen LogP contribution in [-0.4, -0.2) is 74.5 Å². The van der Waals surface area contributed by atoms with Gasteiger partial charge in [0.05, 0.1) is 29.0 Å². The lowest BCUT2D eigenvalue weighted by atomic mass is 10.0. The van der Waals surface area contributed by atoms with Gasteiger partial charge in [0.1, 0.15) is 0 Å². The number of amides is 4. The summed E-state index contributed by atoms with van der Waals surface area (Å²) in [6, 6.07) is 25.5. The maximum Gasteiger partial charge on any atom is 0.329 e. The molecule has 0 spiro atoms. The number of pyridine rings is 1. The summed E-state index contributed by atoms with van der Waals surface area (Å²) in [5.41, 5.74) is 3.13. The van der Waals surface area contributed by atoms with Crippen LogP contribution in [0.5, 0.6) is 0 Å². The van der Waals surface area contributed by atoms with Gasteiger partial charge in [-0.1, -0.05) is 48.5 Å². The molecular formula is C32H31N5O4. The van der Waals surface area contributed by atoms with Crippen molar-refractivity contribution >= 4 is 40.3 Å². The van der Waals surface area contributed by atoms with E-state index in [9.17, 15) is 19.5 Å². The Hall–Kier alpha value is -4.92. The molecule has 1 N–H and O–H groups in total. The number of aromatic nitrogens is 1. The lowest BCUT2D eigenvalue weighted by Crippen LogP contribution is -2.67. The minimum atomic E-state index is -1.17. The molecule has 1 aromatic heterocycles. The fourth-order valence-corrected chi connectivity index (χ4v) is 6.16. The van der Waals surface area contributed by atoms with E-state index in [-0.39, 0.29) is 18.6 Å². The van der Waals surface area contributed by atoms with Crippen molar-refractivity contribution in [1.29, 1.82) is 0 Å². The second-order valence-corrected chi connectivity index (χ2v) is 10.6. The van der Waals surface area contributed by atoms with Crippen molar-refractivity contribution in [2.24, 2.45) is 0 Å². The number of urea groups is 2. The van der Waals surface area contributed by atoms with Crippen LogP contribution in [0.4, 0.5) is 21.0 Å². The molecule has 208 valence electrons. The first-order chi connectivity index (χ1) is 19.9. The first-order valence-corrected chi connectivity index (χ1v) is 13.7. The van der Waals surface area contributed by atoms with Gasteiger partial charge in [0.2, 0.25) is 0 Å². The predicted molar refractivity (Wildman–Crippen MR) is 156 cm³/mol. The normalized spacial score (nSPS) is 19.7. The number of carbonyl (C=O) groups excluding carboxylic acids is 2. The number of benzene rings is 3. The average molecular weight is 550 g/mol. The number of hydrogen-bond acceptors (Lipinski definition) is 4. The minimum Gasteiger partial charge on any atom is -0.480 e. The summed E-state index contributed by atoms with van der Waals surface area (Å²) in [7, 11) is 1.73. The molecule has 0 saturated carbocycles. The maximum absolute atomic E-state index is 14.2. The van der Waals surface area contributed by atoms with E-state index in [1.807, 2.05) is 91.0 Å². The number of piperazine rings is 1. The molecule has 1 unspecified atom stereocenters. The zero-order valence-corrected chi connectivity index (χ0v) is 22.7. The van der Waals surface area contributed by atoms with Gasteiger partial charge in [-0.15, -0.1) is 0 Å². The topological polar surface area (TPSA) is 97.3 Å².